The maximum Gasteiger partial charge on any atom is 0.160 e. The van der Waals surface area contributed by atoms with Crippen LogP contribution in [0.1, 0.15) is 0 Å². The van der Waals surface area contributed by atoms with Gasteiger partial charge in [0.15, 0.2) is 5.82 Å². The minimum absolute atomic E-state index is 0.683. The summed E-state index contributed by atoms with van der Waals surface area (Å²) in [5.41, 5.74) is 18.9. The molecule has 0 amide bonds. The van der Waals surface area contributed by atoms with E-state index in [-0.39, 0.29) is 0 Å². The molecule has 0 radical (unpaired) electrons. The van der Waals surface area contributed by atoms with Gasteiger partial charge < -0.3 is 0 Å². The van der Waals surface area contributed by atoms with Gasteiger partial charge >= 0.3 is 0 Å². The summed E-state index contributed by atoms with van der Waals surface area (Å²) < 4.78 is 0. The van der Waals surface area contributed by atoms with Crippen LogP contribution < -0.4 is 0 Å². The predicted molar refractivity (Wildman–Crippen MR) is 251 cm³/mol. The third kappa shape index (κ3) is 7.35. The van der Waals surface area contributed by atoms with Gasteiger partial charge in [0.1, 0.15) is 0 Å². The summed E-state index contributed by atoms with van der Waals surface area (Å²) in [6.45, 7) is 0. The fourth-order valence-corrected chi connectivity index (χ4v) is 8.20. The van der Waals surface area contributed by atoms with Crippen LogP contribution in [0.4, 0.5) is 0 Å². The maximum atomic E-state index is 5.21. The molecule has 2 heteroatoms. The van der Waals surface area contributed by atoms with E-state index in [1.165, 1.54) is 50.1 Å². The average molecular weight is 765 g/mol. The van der Waals surface area contributed by atoms with Crippen LogP contribution in [0.3, 0.4) is 0 Å². The number of aromatic nitrogens is 2. The monoisotopic (exact) mass is 764 g/mol. The molecule has 282 valence electrons. The van der Waals surface area contributed by atoms with Crippen molar-refractivity contribution in [3.05, 3.63) is 243 Å². The molecule has 0 spiro atoms. The van der Waals surface area contributed by atoms with Crippen molar-refractivity contribution < 1.29 is 0 Å². The molecule has 0 aliphatic rings. The molecular weight excluding hydrogens is 725 g/mol. The van der Waals surface area contributed by atoms with E-state index >= 15 is 0 Å². The zero-order valence-electron chi connectivity index (χ0n) is 33.0. The van der Waals surface area contributed by atoms with E-state index in [0.29, 0.717) is 5.82 Å². The highest BCUT2D eigenvalue weighted by Crippen LogP contribution is 2.50. The first-order valence-corrected chi connectivity index (χ1v) is 20.4. The van der Waals surface area contributed by atoms with E-state index in [1.54, 1.807) is 0 Å². The summed E-state index contributed by atoms with van der Waals surface area (Å²) in [4.78, 5) is 10.4. The van der Waals surface area contributed by atoms with Gasteiger partial charge in [-0.05, 0) is 78.9 Å². The molecule has 0 bridgehead atoms. The molecule has 0 unspecified atom stereocenters. The van der Waals surface area contributed by atoms with Crippen LogP contribution in [0, 0.1) is 0 Å². The van der Waals surface area contributed by atoms with Crippen LogP contribution in [0.2, 0.25) is 0 Å². The summed E-state index contributed by atoms with van der Waals surface area (Å²) >= 11 is 0. The van der Waals surface area contributed by atoms with Crippen molar-refractivity contribution in [1.82, 2.24) is 9.97 Å². The van der Waals surface area contributed by atoms with Crippen molar-refractivity contribution in [3.8, 4) is 101 Å². The maximum absolute atomic E-state index is 5.21. The van der Waals surface area contributed by atoms with Gasteiger partial charge in [-0.3, -0.25) is 0 Å². The van der Waals surface area contributed by atoms with E-state index in [0.717, 1.165) is 44.8 Å². The molecule has 60 heavy (non-hydrogen) atoms. The summed E-state index contributed by atoms with van der Waals surface area (Å²) in [7, 11) is 0. The van der Waals surface area contributed by atoms with Crippen molar-refractivity contribution in [3.63, 3.8) is 0 Å². The largest absolute Gasteiger partial charge is 0.228 e. The number of nitrogens with zero attached hydrogens (tertiary/aromatic N) is 2. The first-order valence-electron chi connectivity index (χ1n) is 20.4. The zero-order valence-corrected chi connectivity index (χ0v) is 33.0. The second kappa shape index (κ2) is 16.5. The van der Waals surface area contributed by atoms with Crippen molar-refractivity contribution in [1.29, 1.82) is 0 Å². The summed E-state index contributed by atoms with van der Waals surface area (Å²) in [6, 6.07) is 86.0. The van der Waals surface area contributed by atoms with Gasteiger partial charge in [-0.15, -0.1) is 0 Å². The molecule has 1 heterocycles. The first-order chi connectivity index (χ1) is 29.8. The minimum Gasteiger partial charge on any atom is -0.228 e. The highest BCUT2D eigenvalue weighted by Gasteiger charge is 2.24. The van der Waals surface area contributed by atoms with Crippen LogP contribution in [-0.2, 0) is 0 Å². The third-order valence-electron chi connectivity index (χ3n) is 11.1. The lowest BCUT2D eigenvalue weighted by Gasteiger charge is -2.24. The minimum atomic E-state index is 0.683. The highest BCUT2D eigenvalue weighted by atomic mass is 14.9. The Labute approximate surface area is 351 Å². The molecule has 0 N–H and O–H groups in total. The topological polar surface area (TPSA) is 25.8 Å². The van der Waals surface area contributed by atoms with Gasteiger partial charge in [-0.2, -0.15) is 0 Å². The Kier molecular flexibility index (Phi) is 10.0. The highest BCUT2D eigenvalue weighted by molar-refractivity contribution is 6.07. The van der Waals surface area contributed by atoms with Gasteiger partial charge in [0.05, 0.1) is 11.4 Å². The van der Waals surface area contributed by atoms with Gasteiger partial charge in [-0.25, -0.2) is 9.97 Å². The molecule has 0 fully saturated rings. The van der Waals surface area contributed by atoms with Crippen LogP contribution in [0.25, 0.3) is 101 Å². The Morgan fingerprint density at radius 1 is 0.200 bits per heavy atom. The lowest BCUT2D eigenvalue weighted by molar-refractivity contribution is 1.18. The Bertz CT molecular complexity index is 3000. The molecule has 0 aliphatic heterocycles. The van der Waals surface area contributed by atoms with Gasteiger partial charge in [0, 0.05) is 16.7 Å². The van der Waals surface area contributed by atoms with Gasteiger partial charge in [-0.1, -0.05) is 231 Å². The summed E-state index contributed by atoms with van der Waals surface area (Å²) in [5.74, 6) is 0.683. The number of hydrogen-bond acceptors (Lipinski definition) is 2. The smallest absolute Gasteiger partial charge is 0.160 e. The van der Waals surface area contributed by atoms with E-state index < -0.39 is 0 Å². The third-order valence-corrected chi connectivity index (χ3v) is 11.1. The van der Waals surface area contributed by atoms with E-state index in [1.807, 2.05) is 12.1 Å². The predicted octanol–water partition coefficient (Wildman–Crippen LogP) is 15.5. The quantitative estimate of drug-likeness (QED) is 0.146. The first kappa shape index (κ1) is 36.4. The van der Waals surface area contributed by atoms with Gasteiger partial charge in [0.2, 0.25) is 0 Å². The summed E-state index contributed by atoms with van der Waals surface area (Å²) in [5, 5.41) is 0. The van der Waals surface area contributed by atoms with E-state index in [4.69, 9.17) is 9.97 Å². The van der Waals surface area contributed by atoms with Crippen molar-refractivity contribution in [2.45, 2.75) is 0 Å². The van der Waals surface area contributed by atoms with Crippen molar-refractivity contribution in [2.75, 3.05) is 0 Å². The Morgan fingerprint density at radius 3 is 0.933 bits per heavy atom. The Hall–Kier alpha value is -7.94. The van der Waals surface area contributed by atoms with Crippen molar-refractivity contribution >= 4 is 0 Å². The number of hydrogen-bond donors (Lipinski definition) is 0. The molecule has 0 saturated carbocycles. The SMILES string of the molecule is c1ccc(-c2ccc(-c3cc(-c4ccccc4)nc(-c4ccc(-c5cc(-c6ccccc6)c(-c6ccccc6)c(-c6ccccc6)c5-c5ccccc5)cc4)n3)cc2)cc1. The van der Waals surface area contributed by atoms with Crippen LogP contribution in [-0.4, -0.2) is 9.97 Å². The molecule has 0 aliphatic carbocycles. The molecule has 9 aromatic carbocycles. The average Bonchev–Trinajstić information content (AvgIpc) is 3.35. The van der Waals surface area contributed by atoms with Crippen LogP contribution >= 0.6 is 0 Å². The Balaban J connectivity index is 1.16. The van der Waals surface area contributed by atoms with Crippen molar-refractivity contribution in [2.24, 2.45) is 0 Å². The Morgan fingerprint density at radius 2 is 0.483 bits per heavy atom. The molecule has 0 atom stereocenters. The standard InChI is InChI=1S/C58H40N2/c1-7-19-41(20-8-1)42-31-35-46(36-32-42)54-40-53(45-23-11-3-12-24-45)59-58(60-54)50-37-33-44(34-38-50)52-39-51(43-21-9-2-10-22-43)55(47-25-13-4-14-26-47)57(49-29-17-6-18-30-49)56(52)48-27-15-5-16-28-48/h1-40H. The van der Waals surface area contributed by atoms with E-state index in [9.17, 15) is 0 Å². The van der Waals surface area contributed by atoms with E-state index in [2.05, 4.69) is 231 Å². The zero-order chi connectivity index (χ0) is 40.1. The fraction of sp³-hybridized carbons (Fsp3) is 0. The number of rotatable bonds is 9. The second-order valence-corrected chi connectivity index (χ2v) is 14.9. The lowest BCUT2D eigenvalue weighted by atomic mass is 9.79. The molecule has 0 saturated heterocycles. The molecule has 2 nitrogen and oxygen atoms in total. The normalized spacial score (nSPS) is 11.0. The lowest BCUT2D eigenvalue weighted by Crippen LogP contribution is -1.98. The second-order valence-electron chi connectivity index (χ2n) is 14.9. The summed E-state index contributed by atoms with van der Waals surface area (Å²) in [6.07, 6.45) is 0. The fourth-order valence-electron chi connectivity index (χ4n) is 8.20. The molecular formula is C58H40N2. The molecule has 1 aromatic heterocycles. The molecule has 10 aromatic rings. The number of benzene rings is 9. The van der Waals surface area contributed by atoms with Crippen LogP contribution in [0.5, 0.6) is 0 Å². The van der Waals surface area contributed by atoms with Gasteiger partial charge in [0.25, 0.3) is 0 Å². The van der Waals surface area contributed by atoms with Crippen LogP contribution in [0.15, 0.2) is 243 Å². The molecule has 10 rings (SSSR count).